The molecule has 0 unspecified atom stereocenters. The molecule has 2 rings (SSSR count). The third-order valence-corrected chi connectivity index (χ3v) is 3.29. The Kier molecular flexibility index (Phi) is 4.45. The third kappa shape index (κ3) is 3.32. The fraction of sp³-hybridized carbons (Fsp3) is 0. The molecule has 0 radical (unpaired) electrons. The van der Waals surface area contributed by atoms with Crippen molar-refractivity contribution in [3.8, 4) is 0 Å². The number of rotatable bonds is 3. The number of aromatic carboxylic acids is 1. The number of hydrogen-bond donors (Lipinski definition) is 2. The Labute approximate surface area is 129 Å². The lowest BCUT2D eigenvalue weighted by molar-refractivity contribution is 0.0698. The maximum absolute atomic E-state index is 13.0. The van der Waals surface area contributed by atoms with Crippen molar-refractivity contribution in [2.45, 2.75) is 0 Å². The van der Waals surface area contributed by atoms with E-state index in [2.05, 4.69) is 5.32 Å². The van der Waals surface area contributed by atoms with Crippen LogP contribution in [0.5, 0.6) is 0 Å². The highest BCUT2D eigenvalue weighted by Gasteiger charge is 2.18. The molecule has 0 aliphatic carbocycles. The molecule has 0 spiro atoms. The summed E-state index contributed by atoms with van der Waals surface area (Å²) in [6.07, 6.45) is 0. The zero-order valence-electron chi connectivity index (χ0n) is 10.4. The molecule has 108 valence electrons. The Morgan fingerprint density at radius 1 is 1.05 bits per heavy atom. The lowest BCUT2D eigenvalue weighted by Gasteiger charge is -2.11. The van der Waals surface area contributed by atoms with Gasteiger partial charge in [0.2, 0.25) is 0 Å². The Hall–Kier alpha value is -2.11. The molecule has 2 aromatic rings. The predicted octanol–water partition coefficient (Wildman–Crippen LogP) is 4.08. The van der Waals surface area contributed by atoms with E-state index in [0.717, 1.165) is 12.1 Å². The first-order chi connectivity index (χ1) is 9.90. The lowest BCUT2D eigenvalue weighted by atomic mass is 10.1. The molecular formula is C14H8Cl2FNO3. The molecule has 0 aliphatic heterocycles. The summed E-state index contributed by atoms with van der Waals surface area (Å²) in [5.41, 5.74) is -0.194. The minimum Gasteiger partial charge on any atom is -0.478 e. The van der Waals surface area contributed by atoms with Crippen molar-refractivity contribution < 1.29 is 19.1 Å². The summed E-state index contributed by atoms with van der Waals surface area (Å²) in [7, 11) is 0. The van der Waals surface area contributed by atoms with E-state index >= 15 is 0 Å². The van der Waals surface area contributed by atoms with Crippen molar-refractivity contribution in [1.82, 2.24) is 0 Å². The van der Waals surface area contributed by atoms with Crippen molar-refractivity contribution in [2.24, 2.45) is 0 Å². The molecule has 4 nitrogen and oxygen atoms in total. The standard InChI is InChI=1S/C14H8Cl2FNO3/c15-10-3-1-2-9(14(20)21)12(10)18-13(19)8-5-4-7(17)6-11(8)16/h1-6H,(H,18,19)(H,20,21). The maximum Gasteiger partial charge on any atom is 0.337 e. The first-order valence-electron chi connectivity index (χ1n) is 5.68. The van der Waals surface area contributed by atoms with Crippen molar-refractivity contribution in [3.05, 3.63) is 63.4 Å². The summed E-state index contributed by atoms with van der Waals surface area (Å²) in [5.74, 6) is -2.51. The molecule has 0 bridgehead atoms. The molecule has 0 fully saturated rings. The van der Waals surface area contributed by atoms with Crippen molar-refractivity contribution in [3.63, 3.8) is 0 Å². The second-order valence-electron chi connectivity index (χ2n) is 4.05. The van der Waals surface area contributed by atoms with Gasteiger partial charge in [-0.2, -0.15) is 0 Å². The van der Waals surface area contributed by atoms with Crippen molar-refractivity contribution >= 4 is 40.8 Å². The number of halogens is 3. The van der Waals surface area contributed by atoms with E-state index in [9.17, 15) is 14.0 Å². The molecule has 0 saturated carbocycles. The maximum atomic E-state index is 13.0. The lowest BCUT2D eigenvalue weighted by Crippen LogP contribution is -2.15. The van der Waals surface area contributed by atoms with Gasteiger partial charge in [0.05, 0.1) is 26.9 Å². The van der Waals surface area contributed by atoms with Crippen molar-refractivity contribution in [1.29, 1.82) is 0 Å². The van der Waals surface area contributed by atoms with Gasteiger partial charge in [0.1, 0.15) is 5.82 Å². The average molecular weight is 328 g/mol. The van der Waals surface area contributed by atoms with Gasteiger partial charge in [-0.3, -0.25) is 4.79 Å². The number of para-hydroxylation sites is 1. The van der Waals surface area contributed by atoms with Gasteiger partial charge in [-0.25, -0.2) is 9.18 Å². The van der Waals surface area contributed by atoms with Gasteiger partial charge in [0.25, 0.3) is 5.91 Å². The zero-order valence-corrected chi connectivity index (χ0v) is 11.9. The summed E-state index contributed by atoms with van der Waals surface area (Å²) in [6.45, 7) is 0. The monoisotopic (exact) mass is 327 g/mol. The topological polar surface area (TPSA) is 66.4 Å². The van der Waals surface area contributed by atoms with E-state index in [1.165, 1.54) is 24.3 Å². The van der Waals surface area contributed by atoms with E-state index in [4.69, 9.17) is 28.3 Å². The van der Waals surface area contributed by atoms with E-state index in [1.807, 2.05) is 0 Å². The van der Waals surface area contributed by atoms with Crippen LogP contribution in [0.25, 0.3) is 0 Å². The number of amides is 1. The minimum atomic E-state index is -1.24. The van der Waals surface area contributed by atoms with Gasteiger partial charge >= 0.3 is 5.97 Å². The first kappa shape index (κ1) is 15.3. The largest absolute Gasteiger partial charge is 0.478 e. The van der Waals surface area contributed by atoms with Crippen LogP contribution in [-0.2, 0) is 0 Å². The second kappa shape index (κ2) is 6.11. The van der Waals surface area contributed by atoms with Crippen LogP contribution in [0, 0.1) is 5.82 Å². The number of benzene rings is 2. The number of carbonyl (C=O) groups is 2. The molecule has 0 saturated heterocycles. The normalized spacial score (nSPS) is 10.2. The number of nitrogens with one attached hydrogen (secondary N) is 1. The van der Waals surface area contributed by atoms with Crippen LogP contribution in [-0.4, -0.2) is 17.0 Å². The molecule has 7 heteroatoms. The smallest absolute Gasteiger partial charge is 0.337 e. The molecule has 0 heterocycles. The van der Waals surface area contributed by atoms with Crippen LogP contribution < -0.4 is 5.32 Å². The average Bonchev–Trinajstić information content (AvgIpc) is 2.40. The molecule has 0 atom stereocenters. The summed E-state index contributed by atoms with van der Waals surface area (Å²) in [6, 6.07) is 7.45. The number of carboxylic acids is 1. The molecular weight excluding hydrogens is 320 g/mol. The first-order valence-corrected chi connectivity index (χ1v) is 6.44. The highest BCUT2D eigenvalue weighted by atomic mass is 35.5. The van der Waals surface area contributed by atoms with Crippen LogP contribution >= 0.6 is 23.2 Å². The molecule has 2 aromatic carbocycles. The van der Waals surface area contributed by atoms with Gasteiger partial charge in [-0.1, -0.05) is 29.3 Å². The van der Waals surface area contributed by atoms with E-state index in [1.54, 1.807) is 0 Å². The van der Waals surface area contributed by atoms with Gasteiger partial charge < -0.3 is 10.4 Å². The summed E-state index contributed by atoms with van der Waals surface area (Å²) in [5, 5.41) is 11.4. The Morgan fingerprint density at radius 2 is 1.76 bits per heavy atom. The Bertz CT molecular complexity index is 734. The molecule has 0 aromatic heterocycles. The fourth-order valence-electron chi connectivity index (χ4n) is 1.68. The number of carbonyl (C=O) groups excluding carboxylic acids is 1. The predicted molar refractivity (Wildman–Crippen MR) is 77.8 cm³/mol. The quantitative estimate of drug-likeness (QED) is 0.892. The summed E-state index contributed by atoms with van der Waals surface area (Å²) < 4.78 is 13.0. The van der Waals surface area contributed by atoms with E-state index in [0.29, 0.717) is 0 Å². The molecule has 0 aliphatic rings. The fourth-order valence-corrected chi connectivity index (χ4v) is 2.16. The summed E-state index contributed by atoms with van der Waals surface area (Å²) >= 11 is 11.7. The van der Waals surface area contributed by atoms with Crippen LogP contribution in [0.4, 0.5) is 10.1 Å². The number of carboxylic acid groups (broad SMARTS) is 1. The van der Waals surface area contributed by atoms with Gasteiger partial charge in [-0.05, 0) is 30.3 Å². The highest BCUT2D eigenvalue weighted by molar-refractivity contribution is 6.36. The zero-order chi connectivity index (χ0) is 15.6. The minimum absolute atomic E-state index is 0.00863. The van der Waals surface area contributed by atoms with Gasteiger partial charge in [-0.15, -0.1) is 0 Å². The van der Waals surface area contributed by atoms with E-state index in [-0.39, 0.29) is 26.9 Å². The summed E-state index contributed by atoms with van der Waals surface area (Å²) in [4.78, 5) is 23.2. The van der Waals surface area contributed by atoms with Crippen molar-refractivity contribution in [2.75, 3.05) is 5.32 Å². The van der Waals surface area contributed by atoms with Crippen LogP contribution in [0.3, 0.4) is 0 Å². The molecule has 2 N–H and O–H groups in total. The highest BCUT2D eigenvalue weighted by Crippen LogP contribution is 2.27. The third-order valence-electron chi connectivity index (χ3n) is 2.66. The van der Waals surface area contributed by atoms with Crippen LogP contribution in [0.15, 0.2) is 36.4 Å². The Morgan fingerprint density at radius 3 is 2.38 bits per heavy atom. The molecule has 1 amide bonds. The van der Waals surface area contributed by atoms with Crippen LogP contribution in [0.2, 0.25) is 10.0 Å². The van der Waals surface area contributed by atoms with E-state index < -0.39 is 17.7 Å². The molecule has 21 heavy (non-hydrogen) atoms. The van der Waals surface area contributed by atoms with Gasteiger partial charge in [0.15, 0.2) is 0 Å². The van der Waals surface area contributed by atoms with Crippen LogP contribution in [0.1, 0.15) is 20.7 Å². The second-order valence-corrected chi connectivity index (χ2v) is 4.86. The van der Waals surface area contributed by atoms with Gasteiger partial charge in [0, 0.05) is 0 Å². The Balaban J connectivity index is 2.38. The SMILES string of the molecule is O=C(Nc1c(Cl)cccc1C(=O)O)c1ccc(F)cc1Cl. The number of anilines is 1. The number of hydrogen-bond acceptors (Lipinski definition) is 2.